The predicted octanol–water partition coefficient (Wildman–Crippen LogP) is 3.96. The molecule has 4 rings (SSSR count). The topological polar surface area (TPSA) is 83.3 Å². The number of H-pyrrole nitrogens is 1. The summed E-state index contributed by atoms with van der Waals surface area (Å²) in [4.78, 5) is 20.2. The largest absolute Gasteiger partial charge is 0.507 e. The molecule has 4 aromatic rings. The lowest BCUT2D eigenvalue weighted by molar-refractivity contribution is 0.469. The van der Waals surface area contributed by atoms with Gasteiger partial charge in [0.2, 0.25) is 0 Å². The third-order valence-electron chi connectivity index (χ3n) is 4.29. The zero-order valence-corrected chi connectivity index (χ0v) is 15.8. The summed E-state index contributed by atoms with van der Waals surface area (Å²) in [6.45, 7) is 3.68. The first kappa shape index (κ1) is 17.2. The minimum Gasteiger partial charge on any atom is -0.507 e. The number of phenols is 1. The maximum absolute atomic E-state index is 12.7. The number of hydrogen-bond donors (Lipinski definition) is 2. The number of hydrogen-bond acceptors (Lipinski definition) is 4. The summed E-state index contributed by atoms with van der Waals surface area (Å²) in [5.41, 5.74) is 2.75. The van der Waals surface area contributed by atoms with Gasteiger partial charge in [-0.15, -0.1) is 6.58 Å². The second kappa shape index (κ2) is 6.85. The van der Waals surface area contributed by atoms with Crippen LogP contribution in [0.2, 0.25) is 0 Å². The molecule has 0 aliphatic heterocycles. The average Bonchev–Trinajstić information content (AvgIpc) is 3.03. The summed E-state index contributed by atoms with van der Waals surface area (Å²) in [6, 6.07) is 11.1. The minimum atomic E-state index is -0.315. The highest BCUT2D eigenvalue weighted by atomic mass is 79.9. The van der Waals surface area contributed by atoms with E-state index in [1.165, 1.54) is 12.5 Å². The standard InChI is InChI=1S/C20H15BrN4O2/c1-2-4-12-5-3-6-13(19(12)26)10-23-25-11-22-17-15-9-14(21)7-8-16(15)24-18(17)20(25)27/h2-3,5-11,24,26H,1,4H2/b23-10+. The van der Waals surface area contributed by atoms with Gasteiger partial charge in [-0.2, -0.15) is 9.78 Å². The summed E-state index contributed by atoms with van der Waals surface area (Å²) >= 11 is 3.43. The van der Waals surface area contributed by atoms with Gasteiger partial charge in [-0.3, -0.25) is 4.79 Å². The molecule has 0 amide bonds. The molecule has 0 aliphatic rings. The summed E-state index contributed by atoms with van der Waals surface area (Å²) in [5.74, 6) is 0.124. The average molecular weight is 423 g/mol. The molecule has 27 heavy (non-hydrogen) atoms. The maximum atomic E-state index is 12.7. The molecule has 2 heterocycles. The van der Waals surface area contributed by atoms with E-state index < -0.39 is 0 Å². The predicted molar refractivity (Wildman–Crippen MR) is 111 cm³/mol. The van der Waals surface area contributed by atoms with Crippen LogP contribution in [0.25, 0.3) is 21.9 Å². The molecule has 6 nitrogen and oxygen atoms in total. The lowest BCUT2D eigenvalue weighted by Gasteiger charge is -2.04. The van der Waals surface area contributed by atoms with E-state index in [2.05, 4.69) is 37.6 Å². The number of nitrogens with zero attached hydrogens (tertiary/aromatic N) is 3. The van der Waals surface area contributed by atoms with Crippen molar-refractivity contribution in [3.05, 3.63) is 81.3 Å². The van der Waals surface area contributed by atoms with Crippen LogP contribution >= 0.6 is 15.9 Å². The van der Waals surface area contributed by atoms with Gasteiger partial charge < -0.3 is 10.1 Å². The number of allylic oxidation sites excluding steroid dienone is 1. The van der Waals surface area contributed by atoms with Crippen LogP contribution < -0.4 is 5.56 Å². The van der Waals surface area contributed by atoms with Gasteiger partial charge >= 0.3 is 0 Å². The number of fused-ring (bicyclic) bond motifs is 3. The fourth-order valence-corrected chi connectivity index (χ4v) is 3.32. The van der Waals surface area contributed by atoms with E-state index >= 15 is 0 Å². The van der Waals surface area contributed by atoms with Crippen LogP contribution in [0.3, 0.4) is 0 Å². The van der Waals surface area contributed by atoms with Crippen molar-refractivity contribution < 1.29 is 5.11 Å². The SMILES string of the molecule is C=CCc1cccc(/C=N/n2cnc3c([nH]c4ccc(Br)cc43)c2=O)c1O. The van der Waals surface area contributed by atoms with Gasteiger partial charge in [0.25, 0.3) is 5.56 Å². The first-order valence-corrected chi connectivity index (χ1v) is 9.02. The molecule has 0 bridgehead atoms. The molecule has 0 atom stereocenters. The summed E-state index contributed by atoms with van der Waals surface area (Å²) in [7, 11) is 0. The molecule has 0 saturated carbocycles. The zero-order valence-electron chi connectivity index (χ0n) is 14.2. The number of halogens is 1. The molecule has 0 spiro atoms. The van der Waals surface area contributed by atoms with Gasteiger partial charge in [-0.05, 0) is 36.2 Å². The Hall–Kier alpha value is -3.19. The molecule has 0 radical (unpaired) electrons. The van der Waals surface area contributed by atoms with Crippen LogP contribution in [0.4, 0.5) is 0 Å². The molecule has 2 N–H and O–H groups in total. The van der Waals surface area contributed by atoms with E-state index in [0.29, 0.717) is 23.0 Å². The quantitative estimate of drug-likeness (QED) is 0.385. The zero-order chi connectivity index (χ0) is 19.0. The van der Waals surface area contributed by atoms with Crippen LogP contribution in [0, 0.1) is 0 Å². The van der Waals surface area contributed by atoms with E-state index in [4.69, 9.17) is 0 Å². The Balaban J connectivity index is 1.79. The summed E-state index contributed by atoms with van der Waals surface area (Å²) in [6.07, 6.45) is 5.08. The van der Waals surface area contributed by atoms with Crippen molar-refractivity contribution in [2.24, 2.45) is 5.10 Å². The Morgan fingerprint density at radius 1 is 1.33 bits per heavy atom. The van der Waals surface area contributed by atoms with Crippen LogP contribution in [0.5, 0.6) is 5.75 Å². The Labute approximate surface area is 162 Å². The van der Waals surface area contributed by atoms with E-state index in [1.54, 1.807) is 12.1 Å². The normalized spacial score (nSPS) is 11.6. The third kappa shape index (κ3) is 3.06. The Bertz CT molecular complexity index is 1270. The van der Waals surface area contributed by atoms with Crippen molar-refractivity contribution >= 4 is 44.1 Å². The van der Waals surface area contributed by atoms with Crippen molar-refractivity contribution in [2.45, 2.75) is 6.42 Å². The highest BCUT2D eigenvalue weighted by molar-refractivity contribution is 9.10. The highest BCUT2D eigenvalue weighted by Crippen LogP contribution is 2.25. The fourth-order valence-electron chi connectivity index (χ4n) is 2.96. The minimum absolute atomic E-state index is 0.124. The molecule has 0 unspecified atom stereocenters. The second-order valence-corrected chi connectivity index (χ2v) is 6.94. The van der Waals surface area contributed by atoms with Gasteiger partial charge in [0.05, 0.1) is 6.21 Å². The van der Waals surface area contributed by atoms with Gasteiger partial charge in [-0.1, -0.05) is 34.1 Å². The van der Waals surface area contributed by atoms with E-state index in [1.807, 2.05) is 30.3 Å². The van der Waals surface area contributed by atoms with Crippen LogP contribution in [0.15, 0.2) is 69.7 Å². The lowest BCUT2D eigenvalue weighted by atomic mass is 10.1. The van der Waals surface area contributed by atoms with Crippen LogP contribution in [-0.2, 0) is 6.42 Å². The number of aromatic nitrogens is 3. The number of rotatable bonds is 4. The molecular weight excluding hydrogens is 408 g/mol. The maximum Gasteiger partial charge on any atom is 0.298 e. The van der Waals surface area contributed by atoms with Crippen LogP contribution in [0.1, 0.15) is 11.1 Å². The molecule has 0 fully saturated rings. The number of benzene rings is 2. The Morgan fingerprint density at radius 3 is 3.00 bits per heavy atom. The Kier molecular flexibility index (Phi) is 4.37. The summed E-state index contributed by atoms with van der Waals surface area (Å²) in [5, 5.41) is 15.3. The third-order valence-corrected chi connectivity index (χ3v) is 4.78. The van der Waals surface area contributed by atoms with Gasteiger partial charge in [0.1, 0.15) is 23.1 Å². The fraction of sp³-hybridized carbons (Fsp3) is 0.0500. The molecule has 2 aromatic heterocycles. The number of nitrogens with one attached hydrogen (secondary N) is 1. The molecule has 0 saturated heterocycles. The van der Waals surface area contributed by atoms with Crippen LogP contribution in [-0.4, -0.2) is 26.0 Å². The van der Waals surface area contributed by atoms with Gasteiger partial charge in [0, 0.05) is 20.9 Å². The van der Waals surface area contributed by atoms with Crippen molar-refractivity contribution in [3.63, 3.8) is 0 Å². The second-order valence-electron chi connectivity index (χ2n) is 6.03. The molecule has 134 valence electrons. The number of para-hydroxylation sites is 1. The summed E-state index contributed by atoms with van der Waals surface area (Å²) < 4.78 is 2.06. The van der Waals surface area contributed by atoms with E-state index in [9.17, 15) is 9.90 Å². The first-order valence-electron chi connectivity index (χ1n) is 8.23. The van der Waals surface area contributed by atoms with E-state index in [-0.39, 0.29) is 11.3 Å². The van der Waals surface area contributed by atoms with E-state index in [0.717, 1.165) is 25.6 Å². The molecule has 0 aliphatic carbocycles. The molecular formula is C20H15BrN4O2. The molecule has 7 heteroatoms. The van der Waals surface area contributed by atoms with Crippen molar-refractivity contribution in [3.8, 4) is 5.75 Å². The van der Waals surface area contributed by atoms with Crippen molar-refractivity contribution in [2.75, 3.05) is 0 Å². The number of phenolic OH excluding ortho intramolecular Hbond substituents is 1. The Morgan fingerprint density at radius 2 is 2.19 bits per heavy atom. The molecule has 2 aromatic carbocycles. The highest BCUT2D eigenvalue weighted by Gasteiger charge is 2.11. The van der Waals surface area contributed by atoms with Gasteiger partial charge in [0.15, 0.2) is 0 Å². The monoisotopic (exact) mass is 422 g/mol. The smallest absolute Gasteiger partial charge is 0.298 e. The lowest BCUT2D eigenvalue weighted by Crippen LogP contribution is -2.17. The van der Waals surface area contributed by atoms with Crippen molar-refractivity contribution in [1.29, 1.82) is 0 Å². The van der Waals surface area contributed by atoms with Gasteiger partial charge in [-0.25, -0.2) is 4.98 Å². The van der Waals surface area contributed by atoms with Crippen molar-refractivity contribution in [1.82, 2.24) is 14.6 Å². The number of aromatic hydroxyl groups is 1. The number of aromatic amines is 1. The first-order chi connectivity index (χ1) is 13.1.